The molecule has 5 rings (SSSR count). The summed E-state index contributed by atoms with van der Waals surface area (Å²) in [5, 5.41) is 4.21. The van der Waals surface area contributed by atoms with Gasteiger partial charge in [-0.25, -0.2) is 0 Å². The fourth-order valence-electron chi connectivity index (χ4n) is 4.35. The molecule has 2 aromatic carbocycles. The summed E-state index contributed by atoms with van der Waals surface area (Å²) in [5.41, 5.74) is 3.74. The van der Waals surface area contributed by atoms with E-state index in [1.807, 2.05) is 36.5 Å². The number of amides is 1. The number of ether oxygens (including phenoxy) is 1. The van der Waals surface area contributed by atoms with Gasteiger partial charge in [-0.15, -0.1) is 0 Å². The molecule has 0 unspecified atom stereocenters. The van der Waals surface area contributed by atoms with Crippen LogP contribution in [0.4, 0.5) is 11.4 Å². The molecule has 2 heterocycles. The predicted molar refractivity (Wildman–Crippen MR) is 112 cm³/mol. The van der Waals surface area contributed by atoms with Crippen LogP contribution in [-0.2, 0) is 10.2 Å². The summed E-state index contributed by atoms with van der Waals surface area (Å²) >= 11 is 0. The van der Waals surface area contributed by atoms with Crippen molar-refractivity contribution in [3.05, 3.63) is 54.2 Å². The van der Waals surface area contributed by atoms with E-state index in [4.69, 9.17) is 4.74 Å². The van der Waals surface area contributed by atoms with Crippen LogP contribution in [0.15, 0.2) is 48.7 Å². The third-order valence-corrected chi connectivity index (χ3v) is 6.19. The number of H-pyrrole nitrogens is 1. The number of aromatic amines is 1. The van der Waals surface area contributed by atoms with Gasteiger partial charge in [0.15, 0.2) is 0 Å². The Morgan fingerprint density at radius 1 is 1.11 bits per heavy atom. The molecular weight excluding hydrogens is 350 g/mol. The van der Waals surface area contributed by atoms with E-state index >= 15 is 0 Å². The van der Waals surface area contributed by atoms with Crippen LogP contribution in [0.3, 0.4) is 0 Å². The van der Waals surface area contributed by atoms with Crippen molar-refractivity contribution >= 4 is 28.2 Å². The molecule has 2 N–H and O–H groups in total. The van der Waals surface area contributed by atoms with E-state index in [1.54, 1.807) is 7.11 Å². The highest BCUT2D eigenvalue weighted by atomic mass is 16.5. The van der Waals surface area contributed by atoms with Gasteiger partial charge in [-0.3, -0.25) is 4.79 Å². The van der Waals surface area contributed by atoms with Crippen LogP contribution in [0.25, 0.3) is 10.9 Å². The number of aromatic nitrogens is 1. The molecule has 0 radical (unpaired) electrons. The number of nitrogens with zero attached hydrogens (tertiary/aromatic N) is 1. The van der Waals surface area contributed by atoms with Crippen LogP contribution < -0.4 is 15.0 Å². The largest absolute Gasteiger partial charge is 0.497 e. The highest BCUT2D eigenvalue weighted by Crippen LogP contribution is 2.51. The molecule has 1 saturated carbocycles. The molecule has 5 nitrogen and oxygen atoms in total. The normalized spacial score (nSPS) is 17.7. The fraction of sp³-hybridized carbons (Fsp3) is 0.348. The van der Waals surface area contributed by atoms with Gasteiger partial charge in [-0.2, -0.15) is 0 Å². The Morgan fingerprint density at radius 3 is 2.54 bits per heavy atom. The standard InChI is InChI=1S/C23H25N3O2/c1-28-18-8-9-21-19(14-18)20(15-24-21)23(10-11-23)22(27)25-16-4-6-17(7-5-16)26-12-2-3-13-26/h4-9,14-15,24H,2-3,10-13H2,1H3,(H,25,27). The van der Waals surface area contributed by atoms with Crippen molar-refractivity contribution in [2.24, 2.45) is 0 Å². The zero-order valence-electron chi connectivity index (χ0n) is 16.1. The average molecular weight is 375 g/mol. The topological polar surface area (TPSA) is 57.4 Å². The van der Waals surface area contributed by atoms with Crippen molar-refractivity contribution in [3.63, 3.8) is 0 Å². The van der Waals surface area contributed by atoms with Crippen molar-refractivity contribution in [1.29, 1.82) is 0 Å². The number of benzene rings is 2. The van der Waals surface area contributed by atoms with E-state index in [1.165, 1.54) is 18.5 Å². The van der Waals surface area contributed by atoms with Crippen molar-refractivity contribution < 1.29 is 9.53 Å². The molecule has 1 aliphatic heterocycles. The average Bonchev–Trinajstić information content (AvgIpc) is 3.16. The third kappa shape index (κ3) is 2.82. The van der Waals surface area contributed by atoms with Crippen molar-refractivity contribution in [3.8, 4) is 5.75 Å². The molecule has 0 atom stereocenters. The Hall–Kier alpha value is -2.95. The first kappa shape index (κ1) is 17.2. The maximum atomic E-state index is 13.2. The minimum atomic E-state index is -0.446. The second-order valence-electron chi connectivity index (χ2n) is 7.89. The zero-order chi connectivity index (χ0) is 19.1. The zero-order valence-corrected chi connectivity index (χ0v) is 16.1. The number of hydrogen-bond acceptors (Lipinski definition) is 3. The maximum absolute atomic E-state index is 13.2. The molecule has 1 aliphatic carbocycles. The first-order valence-corrected chi connectivity index (χ1v) is 10.0. The van der Waals surface area contributed by atoms with Gasteiger partial charge in [-0.1, -0.05) is 0 Å². The Morgan fingerprint density at radius 2 is 1.86 bits per heavy atom. The highest BCUT2D eigenvalue weighted by Gasteiger charge is 2.52. The Balaban J connectivity index is 1.38. The van der Waals surface area contributed by atoms with Crippen LogP contribution in [0.1, 0.15) is 31.2 Å². The van der Waals surface area contributed by atoms with Gasteiger partial charge in [0.05, 0.1) is 12.5 Å². The molecule has 2 aliphatic rings. The van der Waals surface area contributed by atoms with Gasteiger partial charge < -0.3 is 19.9 Å². The third-order valence-electron chi connectivity index (χ3n) is 6.19. The van der Waals surface area contributed by atoms with Crippen LogP contribution in [0.2, 0.25) is 0 Å². The molecule has 5 heteroatoms. The molecule has 1 aromatic heterocycles. The van der Waals surface area contributed by atoms with Gasteiger partial charge in [-0.05, 0) is 73.7 Å². The Kier molecular flexibility index (Phi) is 4.04. The first-order valence-electron chi connectivity index (χ1n) is 10.0. The molecule has 0 bridgehead atoms. The molecule has 2 fully saturated rings. The lowest BCUT2D eigenvalue weighted by Crippen LogP contribution is -2.27. The summed E-state index contributed by atoms with van der Waals surface area (Å²) in [5.74, 6) is 0.882. The van der Waals surface area contributed by atoms with Gasteiger partial charge in [0.25, 0.3) is 0 Å². The summed E-state index contributed by atoms with van der Waals surface area (Å²) in [7, 11) is 1.67. The first-order chi connectivity index (χ1) is 13.7. The molecule has 0 spiro atoms. The Labute approximate surface area is 164 Å². The monoisotopic (exact) mass is 375 g/mol. The molecule has 144 valence electrons. The minimum absolute atomic E-state index is 0.0742. The van der Waals surface area contributed by atoms with Crippen molar-refractivity contribution in [2.75, 3.05) is 30.4 Å². The summed E-state index contributed by atoms with van der Waals surface area (Å²) in [4.78, 5) is 18.9. The predicted octanol–water partition coefficient (Wildman–Crippen LogP) is 4.45. The van der Waals surface area contributed by atoms with Crippen molar-refractivity contribution in [1.82, 2.24) is 4.98 Å². The molecule has 3 aromatic rings. The lowest BCUT2D eigenvalue weighted by molar-refractivity contribution is -0.118. The van der Waals surface area contributed by atoms with Gasteiger partial charge >= 0.3 is 0 Å². The Bertz CT molecular complexity index is 1010. The van der Waals surface area contributed by atoms with E-state index < -0.39 is 5.41 Å². The number of hydrogen-bond donors (Lipinski definition) is 2. The quantitative estimate of drug-likeness (QED) is 0.693. The number of rotatable bonds is 5. The summed E-state index contributed by atoms with van der Waals surface area (Å²) < 4.78 is 5.37. The maximum Gasteiger partial charge on any atom is 0.235 e. The lowest BCUT2D eigenvalue weighted by atomic mass is 9.94. The summed E-state index contributed by atoms with van der Waals surface area (Å²) in [6.45, 7) is 2.25. The van der Waals surface area contributed by atoms with E-state index in [0.717, 1.165) is 53.8 Å². The number of methoxy groups -OCH3 is 1. The number of fused-ring (bicyclic) bond motifs is 1. The summed E-state index contributed by atoms with van der Waals surface area (Å²) in [6.07, 6.45) is 6.24. The van der Waals surface area contributed by atoms with Gasteiger partial charge in [0, 0.05) is 41.6 Å². The molecular formula is C23H25N3O2. The number of anilines is 2. The fourth-order valence-corrected chi connectivity index (χ4v) is 4.35. The van der Waals surface area contributed by atoms with Crippen LogP contribution in [0.5, 0.6) is 5.75 Å². The van der Waals surface area contributed by atoms with E-state index in [9.17, 15) is 4.79 Å². The minimum Gasteiger partial charge on any atom is -0.497 e. The molecule has 1 amide bonds. The van der Waals surface area contributed by atoms with Crippen LogP contribution in [0, 0.1) is 0 Å². The van der Waals surface area contributed by atoms with E-state index in [2.05, 4.69) is 27.3 Å². The van der Waals surface area contributed by atoms with Gasteiger partial charge in [0.2, 0.25) is 5.91 Å². The van der Waals surface area contributed by atoms with Crippen molar-refractivity contribution in [2.45, 2.75) is 31.1 Å². The second kappa shape index (κ2) is 6.59. The van der Waals surface area contributed by atoms with Crippen LogP contribution >= 0.6 is 0 Å². The van der Waals surface area contributed by atoms with Gasteiger partial charge in [0.1, 0.15) is 5.75 Å². The van der Waals surface area contributed by atoms with Crippen LogP contribution in [-0.4, -0.2) is 31.1 Å². The highest BCUT2D eigenvalue weighted by molar-refractivity contribution is 6.04. The second-order valence-corrected chi connectivity index (χ2v) is 7.89. The molecule has 28 heavy (non-hydrogen) atoms. The smallest absolute Gasteiger partial charge is 0.235 e. The SMILES string of the molecule is COc1ccc2[nH]cc(C3(C(=O)Nc4ccc(N5CCCC5)cc4)CC3)c2c1. The number of nitrogens with one attached hydrogen (secondary N) is 2. The summed E-state index contributed by atoms with van der Waals surface area (Å²) in [6, 6.07) is 14.2. The molecule has 1 saturated heterocycles. The van der Waals surface area contributed by atoms with E-state index in [0.29, 0.717) is 0 Å². The van der Waals surface area contributed by atoms with E-state index in [-0.39, 0.29) is 5.91 Å². The number of carbonyl (C=O) groups excluding carboxylic acids is 1. The number of carbonyl (C=O) groups is 1. The lowest BCUT2D eigenvalue weighted by Gasteiger charge is -2.19.